The molecule has 0 spiro atoms. The molecular formula is C11H8Cl2N2O. The summed E-state index contributed by atoms with van der Waals surface area (Å²) in [6.07, 6.45) is 0. The van der Waals surface area contributed by atoms with Crippen molar-refractivity contribution >= 4 is 23.2 Å². The molecule has 2 aromatic rings. The number of aromatic nitrogens is 2. The summed E-state index contributed by atoms with van der Waals surface area (Å²) < 4.78 is 5.48. The van der Waals surface area contributed by atoms with E-state index in [1.807, 2.05) is 0 Å². The minimum absolute atomic E-state index is 0.353. The van der Waals surface area contributed by atoms with Crippen LogP contribution in [0.1, 0.15) is 5.69 Å². The average molecular weight is 255 g/mol. The fourth-order valence-electron chi connectivity index (χ4n) is 1.11. The second kappa shape index (κ2) is 5.14. The molecule has 0 bridgehead atoms. The molecule has 0 amide bonds. The molecule has 0 aliphatic carbocycles. The van der Waals surface area contributed by atoms with Gasteiger partial charge in [0.15, 0.2) is 5.15 Å². The van der Waals surface area contributed by atoms with Crippen LogP contribution < -0.4 is 4.74 Å². The maximum absolute atomic E-state index is 5.75. The number of halogens is 2. The van der Waals surface area contributed by atoms with Crippen molar-refractivity contribution in [3.05, 3.63) is 52.3 Å². The summed E-state index contributed by atoms with van der Waals surface area (Å²) in [5.41, 5.74) is 0.722. The molecule has 2 rings (SSSR count). The Morgan fingerprint density at radius 1 is 0.938 bits per heavy atom. The van der Waals surface area contributed by atoms with Crippen LogP contribution in [0.2, 0.25) is 10.2 Å². The number of hydrogen-bond acceptors (Lipinski definition) is 3. The molecule has 1 aromatic heterocycles. The molecule has 3 nitrogen and oxygen atoms in total. The Labute approximate surface area is 103 Å². The predicted molar refractivity (Wildman–Crippen MR) is 62.8 cm³/mol. The Hall–Kier alpha value is -1.32. The van der Waals surface area contributed by atoms with Gasteiger partial charge in [-0.05, 0) is 36.4 Å². The first-order chi connectivity index (χ1) is 7.74. The van der Waals surface area contributed by atoms with E-state index in [1.54, 1.807) is 36.4 Å². The summed E-state index contributed by atoms with van der Waals surface area (Å²) in [5, 5.41) is 8.65. The summed E-state index contributed by atoms with van der Waals surface area (Å²) in [6.45, 7) is 0.353. The first-order valence-electron chi connectivity index (χ1n) is 4.60. The van der Waals surface area contributed by atoms with Gasteiger partial charge in [0.05, 0.1) is 0 Å². The third kappa shape index (κ3) is 3.08. The van der Waals surface area contributed by atoms with Crippen LogP contribution >= 0.6 is 23.2 Å². The van der Waals surface area contributed by atoms with E-state index in [9.17, 15) is 0 Å². The minimum Gasteiger partial charge on any atom is -0.487 e. The van der Waals surface area contributed by atoms with Crippen molar-refractivity contribution in [3.8, 4) is 5.75 Å². The molecule has 0 atom stereocenters. The fraction of sp³-hybridized carbons (Fsp3) is 0.0909. The van der Waals surface area contributed by atoms with Gasteiger partial charge in [-0.25, -0.2) is 0 Å². The zero-order chi connectivity index (χ0) is 11.4. The lowest BCUT2D eigenvalue weighted by Gasteiger charge is -2.04. The zero-order valence-electron chi connectivity index (χ0n) is 8.23. The highest BCUT2D eigenvalue weighted by atomic mass is 35.5. The van der Waals surface area contributed by atoms with Crippen LogP contribution in [0.5, 0.6) is 5.75 Å². The molecule has 5 heteroatoms. The molecule has 0 N–H and O–H groups in total. The van der Waals surface area contributed by atoms with Crippen LogP contribution in [0.15, 0.2) is 36.4 Å². The van der Waals surface area contributed by atoms with Gasteiger partial charge in [0.2, 0.25) is 0 Å². The van der Waals surface area contributed by atoms with Crippen molar-refractivity contribution in [2.24, 2.45) is 0 Å². The number of ether oxygens (including phenoxy) is 1. The molecule has 0 unspecified atom stereocenters. The lowest BCUT2D eigenvalue weighted by molar-refractivity contribution is 0.300. The van der Waals surface area contributed by atoms with E-state index in [-0.39, 0.29) is 0 Å². The average Bonchev–Trinajstić information content (AvgIpc) is 2.30. The summed E-state index contributed by atoms with van der Waals surface area (Å²) in [5.74, 6) is 0.737. The molecule has 82 valence electrons. The Morgan fingerprint density at radius 2 is 1.69 bits per heavy atom. The SMILES string of the molecule is Clc1ccc(OCc2ccc(Cl)nn2)cc1. The first-order valence-corrected chi connectivity index (χ1v) is 5.36. The molecule has 1 aromatic carbocycles. The van der Waals surface area contributed by atoms with E-state index in [0.29, 0.717) is 16.8 Å². The van der Waals surface area contributed by atoms with Crippen LogP contribution in [0.4, 0.5) is 0 Å². The monoisotopic (exact) mass is 254 g/mol. The molecule has 0 saturated carbocycles. The Morgan fingerprint density at radius 3 is 2.31 bits per heavy atom. The van der Waals surface area contributed by atoms with Gasteiger partial charge in [-0.15, -0.1) is 5.10 Å². The molecule has 0 fully saturated rings. The van der Waals surface area contributed by atoms with Crippen molar-refractivity contribution < 1.29 is 4.74 Å². The molecular weight excluding hydrogens is 247 g/mol. The molecule has 0 aliphatic heterocycles. The molecule has 0 radical (unpaired) electrons. The molecule has 0 aliphatic rings. The highest BCUT2D eigenvalue weighted by Gasteiger charge is 1.98. The third-order valence-electron chi connectivity index (χ3n) is 1.89. The highest BCUT2D eigenvalue weighted by Crippen LogP contribution is 2.16. The first kappa shape index (κ1) is 11.2. The molecule has 16 heavy (non-hydrogen) atoms. The standard InChI is InChI=1S/C11H8Cl2N2O/c12-8-1-4-10(5-2-8)16-7-9-3-6-11(13)15-14-9/h1-6H,7H2. The molecule has 1 heterocycles. The van der Waals surface area contributed by atoms with E-state index >= 15 is 0 Å². The number of nitrogens with zero attached hydrogens (tertiary/aromatic N) is 2. The van der Waals surface area contributed by atoms with Gasteiger partial charge in [0, 0.05) is 5.02 Å². The van der Waals surface area contributed by atoms with E-state index in [2.05, 4.69) is 10.2 Å². The van der Waals surface area contributed by atoms with Gasteiger partial charge in [-0.1, -0.05) is 23.2 Å². The smallest absolute Gasteiger partial charge is 0.151 e. The van der Waals surface area contributed by atoms with Crippen LogP contribution in [0.25, 0.3) is 0 Å². The summed E-state index contributed by atoms with van der Waals surface area (Å²) in [6, 6.07) is 10.6. The van der Waals surface area contributed by atoms with Crippen molar-refractivity contribution in [2.75, 3.05) is 0 Å². The zero-order valence-corrected chi connectivity index (χ0v) is 9.74. The lowest BCUT2D eigenvalue weighted by Crippen LogP contribution is -1.99. The maximum atomic E-state index is 5.75. The summed E-state index contributed by atoms with van der Waals surface area (Å²) in [7, 11) is 0. The van der Waals surface area contributed by atoms with Crippen molar-refractivity contribution in [1.29, 1.82) is 0 Å². The fourth-order valence-corrected chi connectivity index (χ4v) is 1.34. The van der Waals surface area contributed by atoms with Crippen LogP contribution in [-0.4, -0.2) is 10.2 Å². The van der Waals surface area contributed by atoms with E-state index in [0.717, 1.165) is 11.4 Å². The van der Waals surface area contributed by atoms with Gasteiger partial charge < -0.3 is 4.74 Å². The molecule has 0 saturated heterocycles. The Kier molecular flexibility index (Phi) is 3.59. The van der Waals surface area contributed by atoms with Crippen LogP contribution in [0.3, 0.4) is 0 Å². The third-order valence-corrected chi connectivity index (χ3v) is 2.34. The van der Waals surface area contributed by atoms with Gasteiger partial charge in [-0.3, -0.25) is 0 Å². The largest absolute Gasteiger partial charge is 0.487 e. The van der Waals surface area contributed by atoms with Crippen LogP contribution in [0, 0.1) is 0 Å². The van der Waals surface area contributed by atoms with Gasteiger partial charge in [-0.2, -0.15) is 5.10 Å². The lowest BCUT2D eigenvalue weighted by atomic mass is 10.3. The minimum atomic E-state index is 0.353. The van der Waals surface area contributed by atoms with E-state index in [4.69, 9.17) is 27.9 Å². The number of hydrogen-bond donors (Lipinski definition) is 0. The van der Waals surface area contributed by atoms with Crippen molar-refractivity contribution in [2.45, 2.75) is 6.61 Å². The summed E-state index contributed by atoms with van der Waals surface area (Å²) in [4.78, 5) is 0. The van der Waals surface area contributed by atoms with Gasteiger partial charge >= 0.3 is 0 Å². The second-order valence-corrected chi connectivity index (χ2v) is 3.91. The Balaban J connectivity index is 1.97. The number of rotatable bonds is 3. The van der Waals surface area contributed by atoms with Gasteiger partial charge in [0.1, 0.15) is 18.1 Å². The number of benzene rings is 1. The normalized spacial score (nSPS) is 10.1. The van der Waals surface area contributed by atoms with Gasteiger partial charge in [0.25, 0.3) is 0 Å². The van der Waals surface area contributed by atoms with Crippen LogP contribution in [-0.2, 0) is 6.61 Å². The highest BCUT2D eigenvalue weighted by molar-refractivity contribution is 6.30. The van der Waals surface area contributed by atoms with Crippen molar-refractivity contribution in [1.82, 2.24) is 10.2 Å². The summed E-state index contributed by atoms with van der Waals surface area (Å²) >= 11 is 11.4. The maximum Gasteiger partial charge on any atom is 0.151 e. The topological polar surface area (TPSA) is 35.0 Å². The van der Waals surface area contributed by atoms with E-state index < -0.39 is 0 Å². The second-order valence-electron chi connectivity index (χ2n) is 3.09. The predicted octanol–water partition coefficient (Wildman–Crippen LogP) is 3.36. The van der Waals surface area contributed by atoms with Crippen molar-refractivity contribution in [3.63, 3.8) is 0 Å². The Bertz CT molecular complexity index is 411. The van der Waals surface area contributed by atoms with E-state index in [1.165, 1.54) is 0 Å². The quantitative estimate of drug-likeness (QED) is 0.843.